The van der Waals surface area contributed by atoms with Gasteiger partial charge in [-0.05, 0) is 55.5 Å². The van der Waals surface area contributed by atoms with Crippen LogP contribution in [0.15, 0.2) is 35.5 Å². The van der Waals surface area contributed by atoms with Crippen LogP contribution in [0, 0.1) is 12.8 Å². The number of benzene rings is 1. The highest BCUT2D eigenvalue weighted by atomic mass is 35.5. The molecule has 1 saturated carbocycles. The molecule has 1 aromatic carbocycles. The van der Waals surface area contributed by atoms with Crippen LogP contribution >= 0.6 is 23.2 Å². The first-order valence-corrected chi connectivity index (χ1v) is 12.2. The Morgan fingerprint density at radius 1 is 1.34 bits per heavy atom. The minimum atomic E-state index is -0.410. The van der Waals surface area contributed by atoms with Crippen LogP contribution < -0.4 is 11.1 Å². The van der Waals surface area contributed by atoms with Gasteiger partial charge in [-0.15, -0.1) is 0 Å². The summed E-state index contributed by atoms with van der Waals surface area (Å²) in [4.78, 5) is 19.8. The van der Waals surface area contributed by atoms with E-state index in [1.54, 1.807) is 32.2 Å². The van der Waals surface area contributed by atoms with Gasteiger partial charge in [0.1, 0.15) is 11.8 Å². The lowest BCUT2D eigenvalue weighted by Gasteiger charge is -2.09. The largest absolute Gasteiger partial charge is 0.462 e. The van der Waals surface area contributed by atoms with Gasteiger partial charge in [0.2, 0.25) is 0 Å². The molecule has 3 rings (SSSR count). The molecule has 0 radical (unpaired) electrons. The van der Waals surface area contributed by atoms with Crippen molar-refractivity contribution < 1.29 is 19.0 Å². The summed E-state index contributed by atoms with van der Waals surface area (Å²) in [7, 11) is 1.63. The van der Waals surface area contributed by atoms with E-state index in [2.05, 4.69) is 22.2 Å². The van der Waals surface area contributed by atoms with Crippen molar-refractivity contribution in [3.63, 3.8) is 0 Å². The number of hydrogen-bond acceptors (Lipinski definition) is 5. The monoisotopic (exact) mass is 530 g/mol. The van der Waals surface area contributed by atoms with Gasteiger partial charge in [0.05, 0.1) is 18.3 Å². The number of aliphatic hydroxyl groups excluding tert-OH is 1. The fourth-order valence-electron chi connectivity index (χ4n) is 2.38. The van der Waals surface area contributed by atoms with Crippen LogP contribution in [0.5, 0.6) is 0 Å². The molecule has 2 aromatic rings. The molecule has 0 bridgehead atoms. The summed E-state index contributed by atoms with van der Waals surface area (Å²) in [5.41, 5.74) is 7.29. The summed E-state index contributed by atoms with van der Waals surface area (Å²) in [5, 5.41) is 12.9. The molecule has 0 aliphatic heterocycles. The van der Waals surface area contributed by atoms with Gasteiger partial charge < -0.3 is 20.9 Å². The first-order chi connectivity index (χ1) is 16.7. The second-order valence-electron chi connectivity index (χ2n) is 7.36. The number of carbonyl (C=O) groups is 1. The van der Waals surface area contributed by atoms with Crippen molar-refractivity contribution in [3.05, 3.63) is 57.3 Å². The predicted molar refractivity (Wildman–Crippen MR) is 143 cm³/mol. The van der Waals surface area contributed by atoms with E-state index in [-0.39, 0.29) is 19.0 Å². The first kappa shape index (κ1) is 32.6. The lowest BCUT2D eigenvalue weighted by atomic mass is 10.1. The van der Waals surface area contributed by atoms with E-state index in [0.29, 0.717) is 45.8 Å². The Bertz CT molecular complexity index is 943. The number of ether oxygens (including phenoxy) is 1. The maximum atomic E-state index is 12.1. The zero-order valence-corrected chi connectivity index (χ0v) is 22.8. The Morgan fingerprint density at radius 3 is 2.40 bits per heavy atom. The number of nitrogens with zero attached hydrogens (tertiary/aromatic N) is 2. The predicted octanol–water partition coefficient (Wildman–Crippen LogP) is 6.19. The second-order valence-corrected chi connectivity index (χ2v) is 8.20. The Hall–Kier alpha value is -2.42. The van der Waals surface area contributed by atoms with Crippen molar-refractivity contribution in [1.82, 2.24) is 4.98 Å². The van der Waals surface area contributed by atoms with Crippen molar-refractivity contribution in [2.75, 3.05) is 19.0 Å². The zero-order chi connectivity index (χ0) is 27.0. The van der Waals surface area contributed by atoms with Gasteiger partial charge in [0.15, 0.2) is 0 Å². The summed E-state index contributed by atoms with van der Waals surface area (Å²) in [5.74, 6) is 0.262. The van der Waals surface area contributed by atoms with Gasteiger partial charge in [-0.3, -0.25) is 9.18 Å². The van der Waals surface area contributed by atoms with Crippen molar-refractivity contribution in [3.8, 4) is 0 Å². The number of aromatic nitrogens is 1. The highest BCUT2D eigenvalue weighted by Crippen LogP contribution is 2.32. The van der Waals surface area contributed by atoms with E-state index in [1.165, 1.54) is 12.3 Å². The molecular formula is C25H37Cl2FN4O3. The van der Waals surface area contributed by atoms with Crippen molar-refractivity contribution in [2.45, 2.75) is 60.2 Å². The van der Waals surface area contributed by atoms with E-state index in [1.807, 2.05) is 20.8 Å². The zero-order valence-electron chi connectivity index (χ0n) is 21.2. The van der Waals surface area contributed by atoms with Crippen LogP contribution in [0.25, 0.3) is 0 Å². The fourth-order valence-corrected chi connectivity index (χ4v) is 2.68. The SMILES string of the molecule is CC.CCCF.CN=C(N)O[C@@H]1C[C@@H]1C.Cc1cc(NC(=O)c2ncc(Cl)cc2CO)ccc1Cl. The summed E-state index contributed by atoms with van der Waals surface area (Å²) >= 11 is 11.7. The number of aryl methyl sites for hydroxylation is 1. The first-order valence-electron chi connectivity index (χ1n) is 11.4. The van der Waals surface area contributed by atoms with Gasteiger partial charge in [-0.25, -0.2) is 9.98 Å². The van der Waals surface area contributed by atoms with Gasteiger partial charge in [0.25, 0.3) is 11.9 Å². The van der Waals surface area contributed by atoms with Gasteiger partial charge in [0, 0.05) is 29.5 Å². The standard InChI is InChI=1S/C14H12Cl2N2O2.C6H12N2O.C3H7F.C2H6/c1-8-4-11(2-3-12(8)16)18-14(20)13-9(7-19)5-10(15)6-17-13;1-4-3-5(4)9-6(7)8-2;1-2-3-4;1-2/h2-6,19H,7H2,1H3,(H,18,20);4-5H,3H2,1-2H3,(H2,7,8);2-3H2,1H3;1-2H3/t;4-,5+;;/m.0../s1. The number of alkyl halides is 1. The maximum Gasteiger partial charge on any atom is 0.281 e. The topological polar surface area (TPSA) is 110 Å². The third-order valence-electron chi connectivity index (χ3n) is 4.45. The number of carbonyl (C=O) groups excluding carboxylic acids is 1. The number of anilines is 1. The van der Waals surface area contributed by atoms with Crippen LogP contribution in [-0.4, -0.2) is 41.8 Å². The van der Waals surface area contributed by atoms with Crippen LogP contribution in [0.1, 0.15) is 62.2 Å². The average molecular weight is 532 g/mol. The van der Waals surface area contributed by atoms with Gasteiger partial charge in [-0.1, -0.05) is 50.9 Å². The number of halogens is 3. The summed E-state index contributed by atoms with van der Waals surface area (Å²) in [6, 6.07) is 6.98. The number of amides is 1. The third kappa shape index (κ3) is 12.7. The maximum absolute atomic E-state index is 12.1. The quantitative estimate of drug-likeness (QED) is 0.315. The van der Waals surface area contributed by atoms with Crippen molar-refractivity contribution in [1.29, 1.82) is 0 Å². The molecule has 7 nitrogen and oxygen atoms in total. The van der Waals surface area contributed by atoms with Crippen LogP contribution in [0.4, 0.5) is 10.1 Å². The van der Waals surface area contributed by atoms with E-state index in [4.69, 9.17) is 33.7 Å². The third-order valence-corrected chi connectivity index (χ3v) is 5.08. The molecule has 4 N–H and O–H groups in total. The summed E-state index contributed by atoms with van der Waals surface area (Å²) < 4.78 is 15.9. The normalized spacial score (nSPS) is 15.8. The van der Waals surface area contributed by atoms with Gasteiger partial charge in [-0.2, -0.15) is 0 Å². The fraction of sp³-hybridized carbons (Fsp3) is 0.480. The number of hydrogen-bond donors (Lipinski definition) is 3. The van der Waals surface area contributed by atoms with Crippen molar-refractivity contribution in [2.24, 2.45) is 16.6 Å². The van der Waals surface area contributed by atoms with Gasteiger partial charge >= 0.3 is 0 Å². The highest BCUT2D eigenvalue weighted by Gasteiger charge is 2.35. The average Bonchev–Trinajstić information content (AvgIpc) is 3.56. The molecule has 2 atom stereocenters. The molecule has 196 valence electrons. The lowest BCUT2D eigenvalue weighted by Crippen LogP contribution is -2.17. The molecule has 0 unspecified atom stereocenters. The highest BCUT2D eigenvalue weighted by molar-refractivity contribution is 6.31. The molecule has 1 aliphatic carbocycles. The Balaban J connectivity index is 0.000000637. The summed E-state index contributed by atoms with van der Waals surface area (Å²) in [6.07, 6.45) is 3.48. The molecule has 0 saturated heterocycles. The van der Waals surface area contributed by atoms with Crippen LogP contribution in [0.2, 0.25) is 10.0 Å². The molecular weight excluding hydrogens is 494 g/mol. The number of rotatable bonds is 5. The van der Waals surface area contributed by atoms with Crippen LogP contribution in [0.3, 0.4) is 0 Å². The summed E-state index contributed by atoms with van der Waals surface area (Å²) in [6.45, 7) is 9.29. The van der Waals surface area contributed by atoms with Crippen LogP contribution in [-0.2, 0) is 11.3 Å². The molecule has 10 heteroatoms. The second kappa shape index (κ2) is 17.9. The number of aliphatic imine (C=N–C) groups is 1. The number of aliphatic hydroxyl groups is 1. The van der Waals surface area contributed by atoms with Crippen molar-refractivity contribution >= 4 is 40.8 Å². The smallest absolute Gasteiger partial charge is 0.281 e. The lowest BCUT2D eigenvalue weighted by molar-refractivity contribution is 0.101. The number of nitrogens with one attached hydrogen (secondary N) is 1. The number of nitrogens with two attached hydrogens (primary N) is 1. The minimum absolute atomic E-state index is 0.143. The number of pyridine rings is 1. The molecule has 1 aliphatic rings. The molecule has 1 amide bonds. The number of amidine groups is 1. The minimum Gasteiger partial charge on any atom is -0.462 e. The molecule has 35 heavy (non-hydrogen) atoms. The molecule has 1 aromatic heterocycles. The Kier molecular flexibility index (Phi) is 16.7. The van der Waals surface area contributed by atoms with E-state index in [9.17, 15) is 14.3 Å². The van der Waals surface area contributed by atoms with E-state index >= 15 is 0 Å². The van der Waals surface area contributed by atoms with E-state index < -0.39 is 5.91 Å². The molecule has 1 fully saturated rings. The Labute approximate surface area is 217 Å². The molecule has 0 spiro atoms. The molecule has 1 heterocycles. The Morgan fingerprint density at radius 2 is 1.94 bits per heavy atom. The van der Waals surface area contributed by atoms with E-state index in [0.717, 1.165) is 12.0 Å².